The third kappa shape index (κ3) is 3.46. The molecule has 0 saturated heterocycles. The van der Waals surface area contributed by atoms with Crippen molar-refractivity contribution in [3.05, 3.63) is 76.0 Å². The fourth-order valence-electron chi connectivity index (χ4n) is 2.72. The van der Waals surface area contributed by atoms with Crippen molar-refractivity contribution in [1.29, 1.82) is 0 Å². The largest absolute Gasteiger partial charge is 0.344 e. The van der Waals surface area contributed by atoms with Crippen molar-refractivity contribution in [2.75, 3.05) is 0 Å². The molecule has 7 heteroatoms. The summed E-state index contributed by atoms with van der Waals surface area (Å²) in [6, 6.07) is 13.7. The number of nitrogens with one attached hydrogen (secondary N) is 1. The highest BCUT2D eigenvalue weighted by atomic mass is 16.6. The molecule has 0 aliphatic carbocycles. The van der Waals surface area contributed by atoms with E-state index in [9.17, 15) is 14.9 Å². The number of para-hydroxylation sites is 1. The van der Waals surface area contributed by atoms with Crippen molar-refractivity contribution in [2.45, 2.75) is 19.9 Å². The van der Waals surface area contributed by atoms with Crippen LogP contribution in [0.1, 0.15) is 35.8 Å². The maximum absolute atomic E-state index is 12.1. The zero-order chi connectivity index (χ0) is 18.7. The molecule has 0 unspecified atom stereocenters. The topological polar surface area (TPSA) is 89.5 Å². The van der Waals surface area contributed by atoms with Crippen molar-refractivity contribution in [3.63, 3.8) is 0 Å². The van der Waals surface area contributed by atoms with Gasteiger partial charge in [-0.15, -0.1) is 0 Å². The zero-order valence-corrected chi connectivity index (χ0v) is 14.4. The molecule has 1 aromatic heterocycles. The van der Waals surface area contributed by atoms with E-state index in [1.807, 2.05) is 30.5 Å². The Kier molecular flexibility index (Phi) is 4.79. The fraction of sp³-hybridized carbons (Fsp3) is 0.158. The van der Waals surface area contributed by atoms with Gasteiger partial charge < -0.3 is 4.57 Å². The lowest BCUT2D eigenvalue weighted by Crippen LogP contribution is -2.17. The predicted octanol–water partition coefficient (Wildman–Crippen LogP) is 3.89. The van der Waals surface area contributed by atoms with E-state index < -0.39 is 10.8 Å². The minimum Gasteiger partial charge on any atom is -0.344 e. The summed E-state index contributed by atoms with van der Waals surface area (Å²) in [6.07, 6.45) is 3.60. The zero-order valence-electron chi connectivity index (χ0n) is 14.4. The van der Waals surface area contributed by atoms with Crippen LogP contribution in [0.4, 0.5) is 5.69 Å². The number of rotatable bonds is 5. The Balaban J connectivity index is 1.77. The van der Waals surface area contributed by atoms with Gasteiger partial charge in [-0.25, -0.2) is 5.43 Å². The lowest BCUT2D eigenvalue weighted by atomic mass is 10.2. The summed E-state index contributed by atoms with van der Waals surface area (Å²) >= 11 is 0. The summed E-state index contributed by atoms with van der Waals surface area (Å²) < 4.78 is 2.15. The monoisotopic (exact) mass is 350 g/mol. The van der Waals surface area contributed by atoms with E-state index in [1.165, 1.54) is 24.3 Å². The number of nitro benzene ring substituents is 1. The summed E-state index contributed by atoms with van der Waals surface area (Å²) in [5.74, 6) is -0.427. The predicted molar refractivity (Wildman–Crippen MR) is 100 cm³/mol. The van der Waals surface area contributed by atoms with Gasteiger partial charge in [0.25, 0.3) is 11.6 Å². The maximum Gasteiger partial charge on any atom is 0.271 e. The first-order chi connectivity index (χ1) is 12.5. The van der Waals surface area contributed by atoms with Gasteiger partial charge in [0.15, 0.2) is 0 Å². The van der Waals surface area contributed by atoms with Crippen LogP contribution in [-0.4, -0.2) is 21.6 Å². The van der Waals surface area contributed by atoms with E-state index in [0.717, 1.165) is 16.5 Å². The standard InChI is InChI=1S/C19H18N4O3/c1-13(2)22-12-15(17-5-3-4-6-18(17)22)11-20-21-19(24)14-7-9-16(10-8-14)23(25)26/h3-13H,1-2H3,(H,21,24). The summed E-state index contributed by atoms with van der Waals surface area (Å²) in [5, 5.41) is 15.7. The fourth-order valence-corrected chi connectivity index (χ4v) is 2.72. The van der Waals surface area contributed by atoms with E-state index in [-0.39, 0.29) is 5.69 Å². The smallest absolute Gasteiger partial charge is 0.271 e. The van der Waals surface area contributed by atoms with E-state index >= 15 is 0 Å². The average molecular weight is 350 g/mol. The highest BCUT2D eigenvalue weighted by Crippen LogP contribution is 2.23. The molecule has 1 heterocycles. The second-order valence-electron chi connectivity index (χ2n) is 6.11. The van der Waals surface area contributed by atoms with Crippen LogP contribution >= 0.6 is 0 Å². The summed E-state index contributed by atoms with van der Waals surface area (Å²) in [5.41, 5.74) is 4.69. The Bertz CT molecular complexity index is 988. The van der Waals surface area contributed by atoms with Crippen LogP contribution < -0.4 is 5.43 Å². The highest BCUT2D eigenvalue weighted by molar-refractivity contribution is 6.00. The molecule has 0 aliphatic heterocycles. The molecule has 0 saturated carbocycles. The number of nitro groups is 1. The number of fused-ring (bicyclic) bond motifs is 1. The SMILES string of the molecule is CC(C)n1cc(C=NNC(=O)c2ccc([N+](=O)[O-])cc2)c2ccccc21. The summed E-state index contributed by atoms with van der Waals surface area (Å²) in [4.78, 5) is 22.2. The molecule has 0 bridgehead atoms. The van der Waals surface area contributed by atoms with Crippen LogP contribution in [0.3, 0.4) is 0 Å². The van der Waals surface area contributed by atoms with Gasteiger partial charge in [-0.1, -0.05) is 18.2 Å². The number of non-ortho nitro benzene ring substituents is 1. The summed E-state index contributed by atoms with van der Waals surface area (Å²) in [7, 11) is 0. The lowest BCUT2D eigenvalue weighted by Gasteiger charge is -2.08. The molecule has 0 fully saturated rings. The van der Waals surface area contributed by atoms with Gasteiger partial charge in [-0.05, 0) is 32.0 Å². The van der Waals surface area contributed by atoms with Crippen molar-refractivity contribution >= 4 is 28.7 Å². The van der Waals surface area contributed by atoms with Crippen LogP contribution in [0.25, 0.3) is 10.9 Å². The maximum atomic E-state index is 12.1. The number of amides is 1. The van der Waals surface area contributed by atoms with Gasteiger partial charge in [0.2, 0.25) is 0 Å². The van der Waals surface area contributed by atoms with E-state index in [1.54, 1.807) is 6.21 Å². The number of carbonyl (C=O) groups is 1. The Labute approximate surface area is 150 Å². The Morgan fingerprint density at radius 2 is 1.88 bits per heavy atom. The number of benzene rings is 2. The van der Waals surface area contributed by atoms with Gasteiger partial charge >= 0.3 is 0 Å². The van der Waals surface area contributed by atoms with Gasteiger partial charge in [-0.3, -0.25) is 14.9 Å². The van der Waals surface area contributed by atoms with Crippen LogP contribution in [0.15, 0.2) is 59.8 Å². The number of nitrogens with zero attached hydrogens (tertiary/aromatic N) is 3. The number of aromatic nitrogens is 1. The van der Waals surface area contributed by atoms with Crippen molar-refractivity contribution in [2.24, 2.45) is 5.10 Å². The van der Waals surface area contributed by atoms with Gasteiger partial charge in [0.05, 0.1) is 11.1 Å². The molecule has 1 N–H and O–H groups in total. The van der Waals surface area contributed by atoms with Gasteiger partial charge in [-0.2, -0.15) is 5.10 Å². The molecule has 1 amide bonds. The van der Waals surface area contributed by atoms with E-state index in [2.05, 4.69) is 28.9 Å². The first-order valence-electron chi connectivity index (χ1n) is 8.15. The molecule has 132 valence electrons. The molecule has 7 nitrogen and oxygen atoms in total. The van der Waals surface area contributed by atoms with Crippen LogP contribution in [-0.2, 0) is 0 Å². The number of carbonyl (C=O) groups excluding carboxylic acids is 1. The second kappa shape index (κ2) is 7.18. The number of hydrogen-bond donors (Lipinski definition) is 1. The first-order valence-corrected chi connectivity index (χ1v) is 8.15. The molecular formula is C19H18N4O3. The quantitative estimate of drug-likeness (QED) is 0.430. The minimum atomic E-state index is -0.510. The van der Waals surface area contributed by atoms with Crippen molar-refractivity contribution < 1.29 is 9.72 Å². The van der Waals surface area contributed by atoms with Crippen LogP contribution in [0, 0.1) is 10.1 Å². The van der Waals surface area contributed by atoms with Crippen LogP contribution in [0.2, 0.25) is 0 Å². The van der Waals surface area contributed by atoms with Gasteiger partial charge in [0.1, 0.15) is 0 Å². The first kappa shape index (κ1) is 17.3. The molecule has 0 spiro atoms. The van der Waals surface area contributed by atoms with Crippen LogP contribution in [0.5, 0.6) is 0 Å². The Morgan fingerprint density at radius 3 is 2.54 bits per heavy atom. The molecule has 2 aromatic carbocycles. The molecule has 0 aliphatic rings. The molecular weight excluding hydrogens is 332 g/mol. The molecule has 3 aromatic rings. The average Bonchev–Trinajstić information content (AvgIpc) is 3.01. The normalized spacial score (nSPS) is 11.3. The molecule has 3 rings (SSSR count). The number of hydrogen-bond acceptors (Lipinski definition) is 4. The van der Waals surface area contributed by atoms with Crippen molar-refractivity contribution in [1.82, 2.24) is 9.99 Å². The Hall–Kier alpha value is -3.48. The Morgan fingerprint density at radius 1 is 1.19 bits per heavy atom. The third-order valence-electron chi connectivity index (χ3n) is 4.04. The highest BCUT2D eigenvalue weighted by Gasteiger charge is 2.10. The molecule has 26 heavy (non-hydrogen) atoms. The van der Waals surface area contributed by atoms with E-state index in [0.29, 0.717) is 11.6 Å². The minimum absolute atomic E-state index is 0.0634. The second-order valence-corrected chi connectivity index (χ2v) is 6.11. The van der Waals surface area contributed by atoms with Gasteiger partial charge in [0, 0.05) is 46.4 Å². The third-order valence-corrected chi connectivity index (χ3v) is 4.04. The summed E-state index contributed by atoms with van der Waals surface area (Å²) in [6.45, 7) is 4.20. The van der Waals surface area contributed by atoms with E-state index in [4.69, 9.17) is 0 Å². The van der Waals surface area contributed by atoms with Crippen molar-refractivity contribution in [3.8, 4) is 0 Å². The lowest BCUT2D eigenvalue weighted by molar-refractivity contribution is -0.384. The number of hydrazone groups is 1. The molecule has 0 atom stereocenters. The molecule has 0 radical (unpaired) electrons.